The van der Waals surface area contributed by atoms with Gasteiger partial charge in [-0.25, -0.2) is 0 Å². The highest BCUT2D eigenvalue weighted by Crippen LogP contribution is 2.41. The predicted octanol–water partition coefficient (Wildman–Crippen LogP) is 0.173. The maximum Gasteiger partial charge on any atom is 0.150 e. The molecule has 4 aliphatic heterocycles. The van der Waals surface area contributed by atoms with Crippen molar-refractivity contribution in [3.05, 3.63) is 0 Å². The second-order valence-corrected chi connectivity index (χ2v) is 4.74. The summed E-state index contributed by atoms with van der Waals surface area (Å²) >= 11 is 0. The fourth-order valence-corrected chi connectivity index (χ4v) is 3.34. The molecular formula is C10H15NO2. The highest BCUT2D eigenvalue weighted by molar-refractivity contribution is 5.84. The summed E-state index contributed by atoms with van der Waals surface area (Å²) in [5.41, 5.74) is 0. The number of carbonyl (C=O) groups is 1. The van der Waals surface area contributed by atoms with E-state index in [1.807, 2.05) is 0 Å². The van der Waals surface area contributed by atoms with Crippen LogP contribution in [0.2, 0.25) is 0 Å². The van der Waals surface area contributed by atoms with E-state index in [9.17, 15) is 9.90 Å². The van der Waals surface area contributed by atoms with E-state index in [0.29, 0.717) is 30.3 Å². The van der Waals surface area contributed by atoms with Crippen molar-refractivity contribution in [3.63, 3.8) is 0 Å². The Labute approximate surface area is 77.7 Å². The van der Waals surface area contributed by atoms with Gasteiger partial charge in [-0.05, 0) is 25.7 Å². The molecule has 0 aromatic carbocycles. The van der Waals surface area contributed by atoms with E-state index in [0.717, 1.165) is 25.7 Å². The van der Waals surface area contributed by atoms with Crippen LogP contribution in [0.15, 0.2) is 0 Å². The van der Waals surface area contributed by atoms with Crippen LogP contribution in [0.3, 0.4) is 0 Å². The fourth-order valence-electron chi connectivity index (χ4n) is 3.34. The molecule has 13 heavy (non-hydrogen) atoms. The van der Waals surface area contributed by atoms with Crippen molar-refractivity contribution in [3.8, 4) is 0 Å². The van der Waals surface area contributed by atoms with Crippen LogP contribution in [0.1, 0.15) is 25.7 Å². The number of Topliss-reactive ketones (excluding diaryl/α,β-unsaturated/α-hetero) is 1. The summed E-state index contributed by atoms with van der Waals surface area (Å²) < 4.78 is 0. The standard InChI is InChI=1S/C10H15NO2/c12-9-3-7-1-6-2-8(4-9)11(7)5-10(6)13/h6-9,12H,1-5H2/t6?,7-,8-,9?/m0/s1. The Hall–Kier alpha value is -0.410. The Bertz CT molecular complexity index is 237. The van der Waals surface area contributed by atoms with Gasteiger partial charge in [0.05, 0.1) is 12.6 Å². The van der Waals surface area contributed by atoms with Gasteiger partial charge in [0.15, 0.2) is 0 Å². The molecular weight excluding hydrogens is 166 g/mol. The molecule has 0 aliphatic carbocycles. The van der Waals surface area contributed by atoms with Crippen LogP contribution in [0.5, 0.6) is 0 Å². The van der Waals surface area contributed by atoms with Gasteiger partial charge in [0.2, 0.25) is 0 Å². The summed E-state index contributed by atoms with van der Waals surface area (Å²) in [7, 11) is 0. The molecule has 4 heterocycles. The van der Waals surface area contributed by atoms with Gasteiger partial charge in [-0.1, -0.05) is 0 Å². The van der Waals surface area contributed by atoms with Crippen LogP contribution in [-0.4, -0.2) is 40.5 Å². The molecule has 0 aromatic heterocycles. The van der Waals surface area contributed by atoms with Gasteiger partial charge in [0.1, 0.15) is 5.78 Å². The first-order chi connectivity index (χ1) is 6.24. The average Bonchev–Trinajstić information content (AvgIpc) is 2.04. The number of aliphatic hydroxyl groups is 1. The predicted molar refractivity (Wildman–Crippen MR) is 47.3 cm³/mol. The Morgan fingerprint density at radius 3 is 2.31 bits per heavy atom. The van der Waals surface area contributed by atoms with Crippen molar-refractivity contribution in [1.29, 1.82) is 0 Å². The highest BCUT2D eigenvalue weighted by atomic mass is 16.3. The number of fused-ring (bicyclic) bond motifs is 1. The molecule has 0 spiro atoms. The zero-order valence-corrected chi connectivity index (χ0v) is 7.65. The van der Waals surface area contributed by atoms with Crippen LogP contribution < -0.4 is 0 Å². The largest absolute Gasteiger partial charge is 0.393 e. The van der Waals surface area contributed by atoms with Gasteiger partial charge in [-0.3, -0.25) is 9.69 Å². The minimum Gasteiger partial charge on any atom is -0.393 e. The molecule has 2 atom stereocenters. The number of hydrogen-bond acceptors (Lipinski definition) is 3. The monoisotopic (exact) mass is 181 g/mol. The molecule has 0 amide bonds. The number of rotatable bonds is 0. The summed E-state index contributed by atoms with van der Waals surface area (Å²) in [5.74, 6) is 0.761. The third-order valence-corrected chi connectivity index (χ3v) is 3.93. The molecule has 4 fully saturated rings. The van der Waals surface area contributed by atoms with E-state index >= 15 is 0 Å². The number of ketones is 1. The summed E-state index contributed by atoms with van der Waals surface area (Å²) in [4.78, 5) is 13.8. The normalized spacial score (nSPS) is 53.9. The van der Waals surface area contributed by atoms with Crippen LogP contribution in [-0.2, 0) is 4.79 Å². The third-order valence-electron chi connectivity index (χ3n) is 3.93. The Morgan fingerprint density at radius 2 is 1.77 bits per heavy atom. The molecule has 4 aliphatic rings. The zero-order valence-electron chi connectivity index (χ0n) is 7.65. The lowest BCUT2D eigenvalue weighted by Crippen LogP contribution is -2.62. The maximum atomic E-state index is 11.5. The quantitative estimate of drug-likeness (QED) is 0.579. The van der Waals surface area contributed by atoms with Gasteiger partial charge in [0, 0.05) is 18.0 Å². The van der Waals surface area contributed by atoms with E-state index in [1.54, 1.807) is 0 Å². The first kappa shape index (κ1) is 7.94. The molecule has 0 aromatic rings. The van der Waals surface area contributed by atoms with Crippen LogP contribution in [0.4, 0.5) is 0 Å². The average molecular weight is 181 g/mol. The van der Waals surface area contributed by atoms with E-state index < -0.39 is 0 Å². The lowest BCUT2D eigenvalue weighted by atomic mass is 9.72. The van der Waals surface area contributed by atoms with Crippen LogP contribution >= 0.6 is 0 Å². The van der Waals surface area contributed by atoms with Crippen molar-refractivity contribution in [2.45, 2.75) is 43.9 Å². The van der Waals surface area contributed by atoms with Gasteiger partial charge in [-0.15, -0.1) is 0 Å². The molecule has 3 nitrogen and oxygen atoms in total. The fraction of sp³-hybridized carbons (Fsp3) is 0.900. The molecule has 4 bridgehead atoms. The van der Waals surface area contributed by atoms with E-state index in [-0.39, 0.29) is 6.10 Å². The van der Waals surface area contributed by atoms with Gasteiger partial charge in [-0.2, -0.15) is 0 Å². The maximum absolute atomic E-state index is 11.5. The second-order valence-electron chi connectivity index (χ2n) is 4.74. The van der Waals surface area contributed by atoms with Crippen molar-refractivity contribution < 1.29 is 9.90 Å². The minimum absolute atomic E-state index is 0.111. The van der Waals surface area contributed by atoms with Crippen molar-refractivity contribution in [2.75, 3.05) is 6.54 Å². The van der Waals surface area contributed by atoms with Gasteiger partial charge in [0.25, 0.3) is 0 Å². The zero-order chi connectivity index (χ0) is 9.00. The summed E-state index contributed by atoms with van der Waals surface area (Å²) in [6.07, 6.45) is 3.68. The first-order valence-corrected chi connectivity index (χ1v) is 5.20. The van der Waals surface area contributed by atoms with Crippen LogP contribution in [0.25, 0.3) is 0 Å². The SMILES string of the molecule is O=C1CN2[C@@H]3CC(O)C[C@@H]2CC1C3. The Balaban J connectivity index is 1.87. The number of aliphatic hydroxyl groups excluding tert-OH is 1. The molecule has 1 N–H and O–H groups in total. The van der Waals surface area contributed by atoms with Gasteiger partial charge < -0.3 is 5.11 Å². The van der Waals surface area contributed by atoms with Crippen molar-refractivity contribution in [2.24, 2.45) is 5.92 Å². The Morgan fingerprint density at radius 1 is 1.15 bits per heavy atom. The van der Waals surface area contributed by atoms with Crippen molar-refractivity contribution >= 4 is 5.78 Å². The minimum atomic E-state index is -0.111. The Kier molecular flexibility index (Phi) is 1.56. The summed E-state index contributed by atoms with van der Waals surface area (Å²) in [5, 5.41) is 9.60. The number of piperidine rings is 4. The second kappa shape index (κ2) is 2.55. The van der Waals surface area contributed by atoms with Crippen molar-refractivity contribution in [1.82, 2.24) is 4.90 Å². The van der Waals surface area contributed by atoms with E-state index in [4.69, 9.17) is 0 Å². The lowest BCUT2D eigenvalue weighted by Gasteiger charge is -2.53. The van der Waals surface area contributed by atoms with Crippen LogP contribution in [0, 0.1) is 5.92 Å². The number of carbonyl (C=O) groups excluding carboxylic acids is 1. The molecule has 72 valence electrons. The lowest BCUT2D eigenvalue weighted by molar-refractivity contribution is -0.144. The smallest absolute Gasteiger partial charge is 0.150 e. The van der Waals surface area contributed by atoms with E-state index in [1.165, 1.54) is 0 Å². The van der Waals surface area contributed by atoms with Gasteiger partial charge >= 0.3 is 0 Å². The molecule has 0 saturated carbocycles. The molecule has 0 unspecified atom stereocenters. The molecule has 3 heteroatoms. The number of nitrogens with zero attached hydrogens (tertiary/aromatic N) is 1. The topological polar surface area (TPSA) is 40.5 Å². The summed E-state index contributed by atoms with van der Waals surface area (Å²) in [6.45, 7) is 0.659. The third kappa shape index (κ3) is 1.07. The van der Waals surface area contributed by atoms with E-state index in [2.05, 4.69) is 4.90 Å². The first-order valence-electron chi connectivity index (χ1n) is 5.20. The summed E-state index contributed by atoms with van der Waals surface area (Å²) in [6, 6.07) is 1.01. The highest BCUT2D eigenvalue weighted by Gasteiger charge is 2.48. The molecule has 4 saturated heterocycles. The molecule has 4 rings (SSSR count). The molecule has 0 radical (unpaired) electrons. The number of hydrogen-bond donors (Lipinski definition) is 1.